The van der Waals surface area contributed by atoms with Gasteiger partial charge >= 0.3 is 5.97 Å². The van der Waals surface area contributed by atoms with Gasteiger partial charge in [0.15, 0.2) is 11.6 Å². The number of halogens is 2. The molecule has 3 aromatic heterocycles. The average Bonchev–Trinajstić information content (AvgIpc) is 2.86. The van der Waals surface area contributed by atoms with Gasteiger partial charge in [-0.1, -0.05) is 11.6 Å². The summed E-state index contributed by atoms with van der Waals surface area (Å²) >= 11 is 5.86. The van der Waals surface area contributed by atoms with E-state index in [-0.39, 0.29) is 34.8 Å². The smallest absolute Gasteiger partial charge is 0.339 e. The summed E-state index contributed by atoms with van der Waals surface area (Å²) in [5.74, 6) is -0.573. The minimum absolute atomic E-state index is 0.0565. The van der Waals surface area contributed by atoms with E-state index in [2.05, 4.69) is 35.5 Å². The van der Waals surface area contributed by atoms with E-state index >= 15 is 0 Å². The van der Waals surface area contributed by atoms with Gasteiger partial charge in [-0.15, -0.1) is 10.2 Å². The first-order valence-corrected chi connectivity index (χ1v) is 10.7. The molecule has 1 aromatic carbocycles. The van der Waals surface area contributed by atoms with Gasteiger partial charge in [0.25, 0.3) is 0 Å². The molecule has 0 saturated heterocycles. The second kappa shape index (κ2) is 10.6. The van der Waals surface area contributed by atoms with Crippen LogP contribution in [-0.4, -0.2) is 32.5 Å². The lowest BCUT2D eigenvalue weighted by Gasteiger charge is -2.10. The Hall–Kier alpha value is -4.51. The van der Waals surface area contributed by atoms with Gasteiger partial charge < -0.3 is 15.8 Å². The van der Waals surface area contributed by atoms with Crippen LogP contribution in [0.5, 0.6) is 0 Å². The molecule has 3 heterocycles. The number of aromatic nitrogens is 4. The molecule has 4 rings (SSSR count). The second-order valence-electron chi connectivity index (χ2n) is 6.98. The standard InChI is InChI=1S/C23H18ClFN8O2/c1-2-35-22(34)14-8-13(10-27-11-14)16-12-29-23(30-15-5-6-18(25)17(24)9-15)31-20(16)32-33-21-19(26)4-3-7-28-21/h3-12H,2,26H2,1H3,(H,29,30,31). The SMILES string of the molecule is CCOC(=O)c1cncc(-c2cnc(Nc3ccc(F)c(Cl)c3)nc2N=Nc2ncccc2N)c1. The second-order valence-corrected chi connectivity index (χ2v) is 7.39. The predicted molar refractivity (Wildman–Crippen MR) is 129 cm³/mol. The molecule has 0 fully saturated rings. The fraction of sp³-hybridized carbons (Fsp3) is 0.0870. The number of rotatable bonds is 7. The average molecular weight is 493 g/mol. The van der Waals surface area contributed by atoms with E-state index in [0.29, 0.717) is 22.5 Å². The van der Waals surface area contributed by atoms with Crippen LogP contribution in [0.3, 0.4) is 0 Å². The summed E-state index contributed by atoms with van der Waals surface area (Å²) in [4.78, 5) is 29.1. The molecule has 4 aromatic rings. The molecule has 3 N–H and O–H groups in total. The predicted octanol–water partition coefficient (Wildman–Crippen LogP) is 5.64. The molecule has 0 radical (unpaired) electrons. The van der Waals surface area contributed by atoms with Crippen LogP contribution in [0.4, 0.5) is 33.3 Å². The summed E-state index contributed by atoms with van der Waals surface area (Å²) in [6.07, 6.45) is 5.95. The molecule has 0 amide bonds. The van der Waals surface area contributed by atoms with Crippen molar-refractivity contribution in [3.8, 4) is 11.1 Å². The Morgan fingerprint density at radius 1 is 1.14 bits per heavy atom. The molecular formula is C23H18ClFN8O2. The minimum Gasteiger partial charge on any atom is -0.462 e. The largest absolute Gasteiger partial charge is 0.462 e. The summed E-state index contributed by atoms with van der Waals surface area (Å²) in [6.45, 7) is 1.94. The van der Waals surface area contributed by atoms with Gasteiger partial charge in [0, 0.05) is 41.6 Å². The molecule has 0 saturated carbocycles. The number of esters is 1. The topological polar surface area (TPSA) is 141 Å². The first-order valence-electron chi connectivity index (χ1n) is 10.3. The van der Waals surface area contributed by atoms with Crippen molar-refractivity contribution in [2.45, 2.75) is 6.92 Å². The van der Waals surface area contributed by atoms with Crippen LogP contribution >= 0.6 is 11.6 Å². The number of nitrogens with two attached hydrogens (primary N) is 1. The lowest BCUT2D eigenvalue weighted by molar-refractivity contribution is 0.0526. The first kappa shape index (κ1) is 23.6. The maximum atomic E-state index is 13.5. The Morgan fingerprint density at radius 2 is 1.97 bits per heavy atom. The maximum absolute atomic E-state index is 13.5. The summed E-state index contributed by atoms with van der Waals surface area (Å²) in [5.41, 5.74) is 7.90. The van der Waals surface area contributed by atoms with E-state index in [0.717, 1.165) is 0 Å². The van der Waals surface area contributed by atoms with Gasteiger partial charge in [-0.25, -0.2) is 19.2 Å². The molecule has 176 valence electrons. The van der Waals surface area contributed by atoms with Crippen LogP contribution in [0.15, 0.2) is 71.4 Å². The highest BCUT2D eigenvalue weighted by atomic mass is 35.5. The summed E-state index contributed by atoms with van der Waals surface area (Å²) < 4.78 is 18.6. The van der Waals surface area contributed by atoms with Crippen LogP contribution in [0.2, 0.25) is 5.02 Å². The van der Waals surface area contributed by atoms with Crippen molar-refractivity contribution in [2.24, 2.45) is 10.2 Å². The number of hydrogen-bond donors (Lipinski definition) is 2. The lowest BCUT2D eigenvalue weighted by Crippen LogP contribution is -2.05. The number of ether oxygens (including phenoxy) is 1. The highest BCUT2D eigenvalue weighted by Crippen LogP contribution is 2.32. The van der Waals surface area contributed by atoms with Crippen LogP contribution in [0, 0.1) is 5.82 Å². The van der Waals surface area contributed by atoms with Crippen LogP contribution in [0.25, 0.3) is 11.1 Å². The fourth-order valence-corrected chi connectivity index (χ4v) is 3.10. The quantitative estimate of drug-likeness (QED) is 0.249. The number of nitrogens with zero attached hydrogens (tertiary/aromatic N) is 6. The molecule has 0 bridgehead atoms. The van der Waals surface area contributed by atoms with Crippen LogP contribution in [0.1, 0.15) is 17.3 Å². The van der Waals surface area contributed by atoms with Crippen molar-refractivity contribution in [2.75, 3.05) is 17.7 Å². The van der Waals surface area contributed by atoms with Crippen molar-refractivity contribution >= 4 is 46.5 Å². The molecule has 35 heavy (non-hydrogen) atoms. The van der Waals surface area contributed by atoms with Crippen molar-refractivity contribution in [3.63, 3.8) is 0 Å². The zero-order chi connectivity index (χ0) is 24.8. The van der Waals surface area contributed by atoms with Crippen LogP contribution in [-0.2, 0) is 4.74 Å². The van der Waals surface area contributed by atoms with Gasteiger partial charge in [0.2, 0.25) is 5.95 Å². The summed E-state index contributed by atoms with van der Waals surface area (Å²) in [7, 11) is 0. The Morgan fingerprint density at radius 3 is 2.74 bits per heavy atom. The molecule has 0 spiro atoms. The highest BCUT2D eigenvalue weighted by Gasteiger charge is 2.14. The third-order valence-electron chi connectivity index (χ3n) is 4.56. The Kier molecular flexibility index (Phi) is 7.17. The van der Waals surface area contributed by atoms with Crippen molar-refractivity contribution in [1.82, 2.24) is 19.9 Å². The third-order valence-corrected chi connectivity index (χ3v) is 4.85. The molecule has 0 aliphatic heterocycles. The van der Waals surface area contributed by atoms with Gasteiger partial charge in [0.05, 0.1) is 22.9 Å². The van der Waals surface area contributed by atoms with E-state index in [1.54, 1.807) is 25.1 Å². The van der Waals surface area contributed by atoms with Crippen molar-refractivity contribution in [1.29, 1.82) is 0 Å². The Bertz CT molecular complexity index is 1420. The first-order chi connectivity index (χ1) is 16.9. The number of carbonyl (C=O) groups is 1. The lowest BCUT2D eigenvalue weighted by atomic mass is 10.1. The van der Waals surface area contributed by atoms with Crippen molar-refractivity contribution in [3.05, 3.63) is 77.6 Å². The zero-order valence-corrected chi connectivity index (χ0v) is 19.1. The van der Waals surface area contributed by atoms with Crippen molar-refractivity contribution < 1.29 is 13.9 Å². The molecule has 0 unspecified atom stereocenters. The number of carbonyl (C=O) groups excluding carboxylic acids is 1. The molecule has 10 nitrogen and oxygen atoms in total. The van der Waals surface area contributed by atoms with Gasteiger partial charge in [-0.05, 0) is 43.3 Å². The normalized spacial score (nSPS) is 10.9. The number of nitrogens with one attached hydrogen (secondary N) is 1. The molecular weight excluding hydrogens is 475 g/mol. The Labute approximate surface area is 204 Å². The third kappa shape index (κ3) is 5.71. The number of nitrogen functional groups attached to an aromatic ring is 1. The molecule has 0 atom stereocenters. The molecule has 0 aliphatic rings. The molecule has 12 heteroatoms. The van der Waals surface area contributed by atoms with E-state index in [1.807, 2.05) is 0 Å². The summed E-state index contributed by atoms with van der Waals surface area (Å²) in [6, 6.07) is 9.01. The highest BCUT2D eigenvalue weighted by molar-refractivity contribution is 6.31. The summed E-state index contributed by atoms with van der Waals surface area (Å²) in [5, 5.41) is 11.2. The van der Waals surface area contributed by atoms with E-state index in [9.17, 15) is 9.18 Å². The molecule has 0 aliphatic carbocycles. The van der Waals surface area contributed by atoms with E-state index < -0.39 is 11.8 Å². The maximum Gasteiger partial charge on any atom is 0.339 e. The number of anilines is 3. The number of hydrogen-bond acceptors (Lipinski definition) is 10. The van der Waals surface area contributed by atoms with Crippen LogP contribution < -0.4 is 11.1 Å². The number of pyridine rings is 2. The monoisotopic (exact) mass is 492 g/mol. The number of benzene rings is 1. The minimum atomic E-state index is -0.551. The van der Waals surface area contributed by atoms with Gasteiger partial charge in [-0.2, -0.15) is 4.98 Å². The fourth-order valence-electron chi connectivity index (χ4n) is 2.92. The Balaban J connectivity index is 1.75. The zero-order valence-electron chi connectivity index (χ0n) is 18.3. The van der Waals surface area contributed by atoms with Gasteiger partial charge in [0.1, 0.15) is 5.82 Å². The van der Waals surface area contributed by atoms with Gasteiger partial charge in [-0.3, -0.25) is 4.98 Å². The number of azo groups is 1. The van der Waals surface area contributed by atoms with E-state index in [1.165, 1.54) is 43.0 Å². The van der Waals surface area contributed by atoms with E-state index in [4.69, 9.17) is 22.1 Å².